The lowest BCUT2D eigenvalue weighted by atomic mass is 10.1. The quantitative estimate of drug-likeness (QED) is 0.593. The zero-order valence-corrected chi connectivity index (χ0v) is 13.9. The van der Waals surface area contributed by atoms with E-state index in [1.807, 2.05) is 31.2 Å². The minimum atomic E-state index is -0.473. The summed E-state index contributed by atoms with van der Waals surface area (Å²) in [4.78, 5) is 12.2. The van der Waals surface area contributed by atoms with Crippen LogP contribution in [-0.2, 0) is 0 Å². The fraction of sp³-hybridized carbons (Fsp3) is 0.250. The fourth-order valence-electron chi connectivity index (χ4n) is 2.01. The molecule has 0 aliphatic heterocycles. The van der Waals surface area contributed by atoms with Crippen LogP contribution in [0.25, 0.3) is 6.08 Å². The Balaban J connectivity index is 1.95. The molecule has 0 amide bonds. The molecule has 0 aromatic heterocycles. The number of carbonyl (C=O) groups excluding carboxylic acids is 1. The number of carbonyl (C=O) groups is 1. The van der Waals surface area contributed by atoms with Crippen LogP contribution in [-0.4, -0.2) is 30.7 Å². The van der Waals surface area contributed by atoms with Gasteiger partial charge in [0, 0.05) is 5.56 Å². The van der Waals surface area contributed by atoms with Crippen LogP contribution in [0.3, 0.4) is 0 Å². The summed E-state index contributed by atoms with van der Waals surface area (Å²) in [5.74, 6) is 1.34. The van der Waals surface area contributed by atoms with E-state index in [-0.39, 0.29) is 12.4 Å². The van der Waals surface area contributed by atoms with E-state index in [1.165, 1.54) is 0 Å². The van der Waals surface area contributed by atoms with Gasteiger partial charge in [-0.25, -0.2) is 0 Å². The number of ether oxygens (including phenoxy) is 2. The SMILES string of the molecule is CCC(O)COc1ccc(C(=O)/C=C/c2ccc(OC)cc2)cc1. The summed E-state index contributed by atoms with van der Waals surface area (Å²) in [6.45, 7) is 2.14. The van der Waals surface area contributed by atoms with E-state index in [0.717, 1.165) is 11.3 Å². The van der Waals surface area contributed by atoms with Gasteiger partial charge in [-0.2, -0.15) is 0 Å². The van der Waals surface area contributed by atoms with Crippen molar-refractivity contribution >= 4 is 11.9 Å². The van der Waals surface area contributed by atoms with Crippen LogP contribution < -0.4 is 9.47 Å². The van der Waals surface area contributed by atoms with Crippen LogP contribution in [0.15, 0.2) is 54.6 Å². The molecule has 0 aliphatic carbocycles. The molecule has 0 fully saturated rings. The Morgan fingerprint density at radius 1 is 1.08 bits per heavy atom. The Hall–Kier alpha value is -2.59. The number of aliphatic hydroxyl groups excluding tert-OH is 1. The molecule has 126 valence electrons. The monoisotopic (exact) mass is 326 g/mol. The maximum Gasteiger partial charge on any atom is 0.185 e. The average Bonchev–Trinajstić information content (AvgIpc) is 2.64. The second-order valence-electron chi connectivity index (χ2n) is 5.37. The van der Waals surface area contributed by atoms with Crippen LogP contribution in [0.5, 0.6) is 11.5 Å². The van der Waals surface area contributed by atoms with Crippen molar-refractivity contribution < 1.29 is 19.4 Å². The molecule has 24 heavy (non-hydrogen) atoms. The second kappa shape index (κ2) is 8.89. The van der Waals surface area contributed by atoms with E-state index in [0.29, 0.717) is 17.7 Å². The largest absolute Gasteiger partial charge is 0.497 e. The summed E-state index contributed by atoms with van der Waals surface area (Å²) in [6.07, 6.45) is 3.48. The second-order valence-corrected chi connectivity index (χ2v) is 5.37. The van der Waals surface area contributed by atoms with Crippen molar-refractivity contribution in [3.8, 4) is 11.5 Å². The topological polar surface area (TPSA) is 55.8 Å². The molecule has 2 rings (SSSR count). The third kappa shape index (κ3) is 5.25. The van der Waals surface area contributed by atoms with Gasteiger partial charge in [-0.05, 0) is 54.5 Å². The predicted molar refractivity (Wildman–Crippen MR) is 94.6 cm³/mol. The number of allylic oxidation sites excluding steroid dienone is 1. The van der Waals surface area contributed by atoms with Gasteiger partial charge in [-0.1, -0.05) is 25.1 Å². The van der Waals surface area contributed by atoms with Gasteiger partial charge in [0.15, 0.2) is 5.78 Å². The summed E-state index contributed by atoms with van der Waals surface area (Å²) in [6, 6.07) is 14.4. The first-order valence-electron chi connectivity index (χ1n) is 7.89. The van der Waals surface area contributed by atoms with Crippen LogP contribution in [0.2, 0.25) is 0 Å². The zero-order valence-electron chi connectivity index (χ0n) is 13.9. The summed E-state index contributed by atoms with van der Waals surface area (Å²) >= 11 is 0. The van der Waals surface area contributed by atoms with Gasteiger partial charge in [0.25, 0.3) is 0 Å². The molecule has 1 N–H and O–H groups in total. The predicted octanol–water partition coefficient (Wildman–Crippen LogP) is 3.74. The van der Waals surface area contributed by atoms with E-state index < -0.39 is 6.10 Å². The number of ketones is 1. The van der Waals surface area contributed by atoms with Gasteiger partial charge in [0.05, 0.1) is 13.2 Å². The molecule has 0 bridgehead atoms. The number of benzene rings is 2. The average molecular weight is 326 g/mol. The zero-order chi connectivity index (χ0) is 17.4. The van der Waals surface area contributed by atoms with E-state index in [9.17, 15) is 9.90 Å². The van der Waals surface area contributed by atoms with E-state index in [1.54, 1.807) is 43.5 Å². The van der Waals surface area contributed by atoms with Crippen molar-refractivity contribution in [1.29, 1.82) is 0 Å². The molecule has 2 aromatic carbocycles. The van der Waals surface area contributed by atoms with Gasteiger partial charge in [0.1, 0.15) is 18.1 Å². The van der Waals surface area contributed by atoms with Gasteiger partial charge in [-0.15, -0.1) is 0 Å². The van der Waals surface area contributed by atoms with Gasteiger partial charge < -0.3 is 14.6 Å². The Labute approximate surface area is 142 Å². The molecule has 0 radical (unpaired) electrons. The molecule has 0 saturated carbocycles. The van der Waals surface area contributed by atoms with Crippen molar-refractivity contribution in [2.45, 2.75) is 19.4 Å². The first-order chi connectivity index (χ1) is 11.6. The van der Waals surface area contributed by atoms with E-state index in [2.05, 4.69) is 0 Å². The first-order valence-corrected chi connectivity index (χ1v) is 7.89. The summed E-state index contributed by atoms with van der Waals surface area (Å²) in [7, 11) is 1.62. The number of rotatable bonds is 8. The lowest BCUT2D eigenvalue weighted by Gasteiger charge is -2.10. The molecule has 1 unspecified atom stereocenters. The van der Waals surface area contributed by atoms with Gasteiger partial charge >= 0.3 is 0 Å². The van der Waals surface area contributed by atoms with Crippen LogP contribution in [0.4, 0.5) is 0 Å². The molecule has 0 saturated heterocycles. The molecule has 0 spiro atoms. The lowest BCUT2D eigenvalue weighted by Crippen LogP contribution is -2.15. The molecular formula is C20H22O4. The lowest BCUT2D eigenvalue weighted by molar-refractivity contribution is 0.103. The standard InChI is InChI=1S/C20H22O4/c1-3-17(21)14-24-19-11-7-16(8-12-19)20(22)13-6-15-4-9-18(23-2)10-5-15/h4-13,17,21H,3,14H2,1-2H3/b13-6+. The van der Waals surface area contributed by atoms with Crippen LogP contribution in [0.1, 0.15) is 29.3 Å². The van der Waals surface area contributed by atoms with Crippen molar-refractivity contribution in [2.24, 2.45) is 0 Å². The van der Waals surface area contributed by atoms with Crippen molar-refractivity contribution in [2.75, 3.05) is 13.7 Å². The normalized spacial score (nSPS) is 12.1. The maximum atomic E-state index is 12.2. The smallest absolute Gasteiger partial charge is 0.185 e. The van der Waals surface area contributed by atoms with Gasteiger partial charge in [-0.3, -0.25) is 4.79 Å². The number of methoxy groups -OCH3 is 1. The minimum Gasteiger partial charge on any atom is -0.497 e. The number of hydrogen-bond donors (Lipinski definition) is 1. The van der Waals surface area contributed by atoms with Crippen LogP contribution >= 0.6 is 0 Å². The third-order valence-electron chi connectivity index (χ3n) is 3.60. The van der Waals surface area contributed by atoms with Crippen molar-refractivity contribution in [3.05, 3.63) is 65.7 Å². The molecule has 2 aromatic rings. The molecular weight excluding hydrogens is 304 g/mol. The highest BCUT2D eigenvalue weighted by Crippen LogP contribution is 2.15. The first kappa shape index (κ1) is 17.8. The van der Waals surface area contributed by atoms with Crippen molar-refractivity contribution in [1.82, 2.24) is 0 Å². The Morgan fingerprint density at radius 2 is 1.71 bits per heavy atom. The molecule has 0 aliphatic rings. The summed E-state index contributed by atoms with van der Waals surface area (Å²) in [5, 5.41) is 9.48. The molecule has 0 heterocycles. The summed E-state index contributed by atoms with van der Waals surface area (Å²) < 4.78 is 10.6. The van der Waals surface area contributed by atoms with Gasteiger partial charge in [0.2, 0.25) is 0 Å². The Morgan fingerprint density at radius 3 is 2.29 bits per heavy atom. The Bertz CT molecular complexity index is 672. The molecule has 4 heteroatoms. The van der Waals surface area contributed by atoms with E-state index in [4.69, 9.17) is 9.47 Å². The number of aliphatic hydroxyl groups is 1. The summed E-state index contributed by atoms with van der Waals surface area (Å²) in [5.41, 5.74) is 1.51. The highest BCUT2D eigenvalue weighted by molar-refractivity contribution is 6.06. The highest BCUT2D eigenvalue weighted by atomic mass is 16.5. The third-order valence-corrected chi connectivity index (χ3v) is 3.60. The van der Waals surface area contributed by atoms with Crippen molar-refractivity contribution in [3.63, 3.8) is 0 Å². The maximum absolute atomic E-state index is 12.2. The van der Waals surface area contributed by atoms with Crippen LogP contribution in [0, 0.1) is 0 Å². The minimum absolute atomic E-state index is 0.0778. The Kier molecular flexibility index (Phi) is 6.58. The van der Waals surface area contributed by atoms with E-state index >= 15 is 0 Å². The molecule has 1 atom stereocenters. The molecule has 4 nitrogen and oxygen atoms in total. The number of hydrogen-bond acceptors (Lipinski definition) is 4. The highest BCUT2D eigenvalue weighted by Gasteiger charge is 2.04. The fourth-order valence-corrected chi connectivity index (χ4v) is 2.01.